The van der Waals surface area contributed by atoms with Gasteiger partial charge in [-0.15, -0.1) is 0 Å². The number of aromatic hydroxyl groups is 1. The average molecular weight is 290 g/mol. The molecule has 1 rings (SSSR count). The number of carbonyl (C=O) groups excluding carboxylic acids is 1. The zero-order valence-electron chi connectivity index (χ0n) is 10.9. The first-order chi connectivity index (χ1) is 9.17. The van der Waals surface area contributed by atoms with Crippen LogP contribution in [0.2, 0.25) is 0 Å². The van der Waals surface area contributed by atoms with Gasteiger partial charge in [0.05, 0.1) is 12.5 Å². The van der Waals surface area contributed by atoms with Crippen molar-refractivity contribution in [3.05, 3.63) is 29.8 Å². The Labute approximate surface area is 114 Å². The van der Waals surface area contributed by atoms with E-state index < -0.39 is 30.6 Å². The van der Waals surface area contributed by atoms with E-state index in [4.69, 9.17) is 10.8 Å². The summed E-state index contributed by atoms with van der Waals surface area (Å²) in [4.78, 5) is 11.7. The minimum atomic E-state index is -4.33. The summed E-state index contributed by atoms with van der Waals surface area (Å²) >= 11 is 0. The molecule has 0 aromatic heterocycles. The molecule has 20 heavy (non-hydrogen) atoms. The van der Waals surface area contributed by atoms with Crippen LogP contribution in [0.1, 0.15) is 18.9 Å². The molecule has 0 heterocycles. The van der Waals surface area contributed by atoms with Crippen LogP contribution in [0.4, 0.5) is 13.2 Å². The highest BCUT2D eigenvalue weighted by molar-refractivity contribution is 5.82. The first-order valence-electron chi connectivity index (χ1n) is 6.08. The fourth-order valence-corrected chi connectivity index (χ4v) is 1.73. The van der Waals surface area contributed by atoms with Gasteiger partial charge in [-0.2, -0.15) is 13.2 Å². The monoisotopic (exact) mass is 290 g/mol. The molecule has 0 bridgehead atoms. The number of rotatable bonds is 5. The number of benzene rings is 1. The van der Waals surface area contributed by atoms with Crippen LogP contribution in [-0.4, -0.2) is 29.3 Å². The summed E-state index contributed by atoms with van der Waals surface area (Å²) in [5.41, 5.74) is 6.36. The number of hydrogen-bond donors (Lipinski definition) is 3. The third kappa shape index (κ3) is 5.92. The van der Waals surface area contributed by atoms with E-state index in [1.807, 2.05) is 0 Å². The lowest BCUT2D eigenvalue weighted by Crippen LogP contribution is -2.46. The minimum absolute atomic E-state index is 0.0885. The van der Waals surface area contributed by atoms with E-state index in [1.165, 1.54) is 19.1 Å². The van der Waals surface area contributed by atoms with Crippen molar-refractivity contribution in [2.75, 3.05) is 0 Å². The highest BCUT2D eigenvalue weighted by atomic mass is 19.4. The van der Waals surface area contributed by atoms with Gasteiger partial charge in [-0.25, -0.2) is 0 Å². The molecular weight excluding hydrogens is 273 g/mol. The number of nitrogens with one attached hydrogen (secondary N) is 1. The molecule has 1 aromatic rings. The summed E-state index contributed by atoms with van der Waals surface area (Å²) in [6.45, 7) is 1.28. The van der Waals surface area contributed by atoms with Gasteiger partial charge in [-0.05, 0) is 31.0 Å². The van der Waals surface area contributed by atoms with E-state index >= 15 is 0 Å². The Morgan fingerprint density at radius 2 is 1.90 bits per heavy atom. The van der Waals surface area contributed by atoms with Gasteiger partial charge in [-0.1, -0.05) is 12.1 Å². The molecule has 2 atom stereocenters. The second-order valence-electron chi connectivity index (χ2n) is 4.71. The van der Waals surface area contributed by atoms with Crippen LogP contribution in [0.3, 0.4) is 0 Å². The van der Waals surface area contributed by atoms with Gasteiger partial charge in [0.1, 0.15) is 5.75 Å². The second kappa shape index (κ2) is 6.60. The molecule has 0 radical (unpaired) electrons. The molecule has 0 saturated carbocycles. The Kier molecular flexibility index (Phi) is 5.38. The van der Waals surface area contributed by atoms with Gasteiger partial charge in [0, 0.05) is 6.04 Å². The van der Waals surface area contributed by atoms with Gasteiger partial charge in [0.15, 0.2) is 0 Å². The van der Waals surface area contributed by atoms with Crippen LogP contribution < -0.4 is 11.1 Å². The Balaban J connectivity index is 2.48. The lowest BCUT2D eigenvalue weighted by molar-refractivity contribution is -0.141. The molecule has 0 spiro atoms. The molecule has 0 aliphatic carbocycles. The molecule has 0 saturated heterocycles. The van der Waals surface area contributed by atoms with Crippen molar-refractivity contribution in [1.82, 2.24) is 5.32 Å². The zero-order valence-corrected chi connectivity index (χ0v) is 10.9. The predicted octanol–water partition coefficient (Wildman–Crippen LogP) is 1.72. The molecule has 1 aromatic carbocycles. The Hall–Kier alpha value is -1.76. The van der Waals surface area contributed by atoms with Gasteiger partial charge < -0.3 is 16.2 Å². The topological polar surface area (TPSA) is 75.4 Å². The fourth-order valence-electron chi connectivity index (χ4n) is 1.73. The van der Waals surface area contributed by atoms with Gasteiger partial charge >= 0.3 is 6.18 Å². The third-order valence-corrected chi connectivity index (χ3v) is 2.66. The van der Waals surface area contributed by atoms with Crippen LogP contribution >= 0.6 is 0 Å². The SMILES string of the molecule is CC(CC(F)(F)F)NC(=O)[C@@H](N)Cc1ccc(O)cc1. The van der Waals surface area contributed by atoms with Crippen LogP contribution in [0.5, 0.6) is 5.75 Å². The van der Waals surface area contributed by atoms with Crippen molar-refractivity contribution in [2.45, 2.75) is 38.0 Å². The first kappa shape index (κ1) is 16.3. The van der Waals surface area contributed by atoms with E-state index in [1.54, 1.807) is 12.1 Å². The molecule has 0 aliphatic rings. The summed E-state index contributed by atoms with van der Waals surface area (Å²) in [5, 5.41) is 11.3. The molecule has 7 heteroatoms. The van der Waals surface area contributed by atoms with Crippen LogP contribution in [0.15, 0.2) is 24.3 Å². The highest BCUT2D eigenvalue weighted by Crippen LogP contribution is 2.21. The molecule has 1 amide bonds. The lowest BCUT2D eigenvalue weighted by Gasteiger charge is -2.18. The summed E-state index contributed by atoms with van der Waals surface area (Å²) in [6.07, 6.45) is -5.23. The third-order valence-electron chi connectivity index (χ3n) is 2.66. The van der Waals surface area contributed by atoms with E-state index in [9.17, 15) is 18.0 Å². The number of alkyl halides is 3. The van der Waals surface area contributed by atoms with E-state index in [2.05, 4.69) is 5.32 Å². The summed E-state index contributed by atoms with van der Waals surface area (Å²) < 4.78 is 36.4. The van der Waals surface area contributed by atoms with E-state index in [0.717, 1.165) is 0 Å². The van der Waals surface area contributed by atoms with Crippen molar-refractivity contribution in [2.24, 2.45) is 5.73 Å². The van der Waals surface area contributed by atoms with Crippen molar-refractivity contribution in [3.63, 3.8) is 0 Å². The van der Waals surface area contributed by atoms with Crippen molar-refractivity contribution >= 4 is 5.91 Å². The number of phenolic OH excluding ortho intramolecular Hbond substituents is 1. The average Bonchev–Trinajstić information content (AvgIpc) is 2.29. The number of amides is 1. The summed E-state index contributed by atoms with van der Waals surface area (Å²) in [6, 6.07) is 4.14. The molecule has 112 valence electrons. The van der Waals surface area contributed by atoms with Gasteiger partial charge in [0.25, 0.3) is 0 Å². The van der Waals surface area contributed by atoms with Crippen LogP contribution in [0, 0.1) is 0 Å². The number of halogens is 3. The smallest absolute Gasteiger partial charge is 0.391 e. The Morgan fingerprint density at radius 3 is 2.40 bits per heavy atom. The Bertz CT molecular complexity index is 446. The van der Waals surface area contributed by atoms with Crippen LogP contribution in [0.25, 0.3) is 0 Å². The number of hydrogen-bond acceptors (Lipinski definition) is 3. The summed E-state index contributed by atoms with van der Waals surface area (Å²) in [5.74, 6) is -0.541. The second-order valence-corrected chi connectivity index (χ2v) is 4.71. The standard InChI is InChI=1S/C13H17F3N2O2/c1-8(7-13(14,15)16)18-12(20)11(17)6-9-2-4-10(19)5-3-9/h2-5,8,11,19H,6-7,17H2,1H3,(H,18,20)/t8?,11-/m0/s1. The molecule has 4 nitrogen and oxygen atoms in total. The molecular formula is C13H17F3N2O2. The van der Waals surface area contributed by atoms with Crippen LogP contribution in [-0.2, 0) is 11.2 Å². The van der Waals surface area contributed by atoms with Crippen molar-refractivity contribution in [3.8, 4) is 5.75 Å². The maximum Gasteiger partial charge on any atom is 0.391 e. The largest absolute Gasteiger partial charge is 0.508 e. The number of phenols is 1. The lowest BCUT2D eigenvalue weighted by atomic mass is 10.1. The predicted molar refractivity (Wildman–Crippen MR) is 68.1 cm³/mol. The molecule has 0 aliphatic heterocycles. The quantitative estimate of drug-likeness (QED) is 0.773. The van der Waals surface area contributed by atoms with Crippen molar-refractivity contribution < 1.29 is 23.1 Å². The Morgan fingerprint density at radius 1 is 1.35 bits per heavy atom. The maximum atomic E-state index is 12.1. The minimum Gasteiger partial charge on any atom is -0.508 e. The molecule has 1 unspecified atom stereocenters. The molecule has 4 N–H and O–H groups in total. The number of nitrogens with two attached hydrogens (primary N) is 1. The van der Waals surface area contributed by atoms with Gasteiger partial charge in [0.2, 0.25) is 5.91 Å². The van der Waals surface area contributed by atoms with E-state index in [-0.39, 0.29) is 12.2 Å². The van der Waals surface area contributed by atoms with Crippen molar-refractivity contribution in [1.29, 1.82) is 0 Å². The number of carbonyl (C=O) groups is 1. The summed E-state index contributed by atoms with van der Waals surface area (Å²) in [7, 11) is 0. The van der Waals surface area contributed by atoms with E-state index in [0.29, 0.717) is 5.56 Å². The highest BCUT2D eigenvalue weighted by Gasteiger charge is 2.31. The molecule has 0 fully saturated rings. The zero-order chi connectivity index (χ0) is 15.3. The normalized spacial score (nSPS) is 14.7. The fraction of sp³-hybridized carbons (Fsp3) is 0.462. The maximum absolute atomic E-state index is 12.1. The first-order valence-corrected chi connectivity index (χ1v) is 6.08. The van der Waals surface area contributed by atoms with Gasteiger partial charge in [-0.3, -0.25) is 4.79 Å².